The van der Waals surface area contributed by atoms with E-state index in [0.717, 1.165) is 39.3 Å². The molecule has 0 aromatic rings. The standard InChI is InChI=1S/C15H28N2O2/c1-4-14(18)17-9-7-16(8-10-17)11-15(5-6-15)12-19-13(2)3/h13H,4-12H2,1-3H3. The molecule has 1 aliphatic carbocycles. The smallest absolute Gasteiger partial charge is 0.222 e. The number of carbonyl (C=O) groups excluding carboxylic acids is 1. The number of piperazine rings is 1. The third-order valence-corrected chi connectivity index (χ3v) is 4.27. The first kappa shape index (κ1) is 14.8. The molecular weight excluding hydrogens is 240 g/mol. The molecule has 0 aromatic carbocycles. The fourth-order valence-corrected chi connectivity index (χ4v) is 2.72. The van der Waals surface area contributed by atoms with E-state index in [2.05, 4.69) is 18.7 Å². The Morgan fingerprint density at radius 1 is 1.21 bits per heavy atom. The maximum atomic E-state index is 11.6. The Balaban J connectivity index is 1.72. The zero-order valence-corrected chi connectivity index (χ0v) is 12.7. The zero-order chi connectivity index (χ0) is 13.9. The van der Waals surface area contributed by atoms with Crippen LogP contribution in [0, 0.1) is 5.41 Å². The van der Waals surface area contributed by atoms with Crippen molar-refractivity contribution in [1.82, 2.24) is 9.80 Å². The maximum Gasteiger partial charge on any atom is 0.222 e. The molecular formula is C15H28N2O2. The monoisotopic (exact) mass is 268 g/mol. The SMILES string of the molecule is CCC(=O)N1CCN(CC2(COC(C)C)CC2)CC1. The van der Waals surface area contributed by atoms with Crippen LogP contribution in [0.25, 0.3) is 0 Å². The first-order chi connectivity index (χ1) is 9.04. The summed E-state index contributed by atoms with van der Waals surface area (Å²) in [5, 5.41) is 0. The normalized spacial score (nSPS) is 22.8. The van der Waals surface area contributed by atoms with Crippen molar-refractivity contribution in [2.45, 2.75) is 46.1 Å². The lowest BCUT2D eigenvalue weighted by Crippen LogP contribution is -2.50. The van der Waals surface area contributed by atoms with Crippen molar-refractivity contribution in [3.63, 3.8) is 0 Å². The summed E-state index contributed by atoms with van der Waals surface area (Å²) in [6.07, 6.45) is 3.56. The number of hydrogen-bond acceptors (Lipinski definition) is 3. The zero-order valence-electron chi connectivity index (χ0n) is 12.7. The highest BCUT2D eigenvalue weighted by Crippen LogP contribution is 2.46. The van der Waals surface area contributed by atoms with Crippen LogP contribution in [0.3, 0.4) is 0 Å². The van der Waals surface area contributed by atoms with Crippen LogP contribution < -0.4 is 0 Å². The molecule has 0 N–H and O–H groups in total. The molecule has 110 valence electrons. The third-order valence-electron chi connectivity index (χ3n) is 4.27. The third kappa shape index (κ3) is 4.18. The van der Waals surface area contributed by atoms with Crippen LogP contribution in [0.5, 0.6) is 0 Å². The van der Waals surface area contributed by atoms with Crippen LogP contribution in [-0.4, -0.2) is 61.1 Å². The molecule has 0 bridgehead atoms. The summed E-state index contributed by atoms with van der Waals surface area (Å²) in [5.74, 6) is 0.295. The topological polar surface area (TPSA) is 32.8 Å². The van der Waals surface area contributed by atoms with Crippen molar-refractivity contribution in [3.8, 4) is 0 Å². The number of carbonyl (C=O) groups is 1. The first-order valence-electron chi connectivity index (χ1n) is 7.66. The van der Waals surface area contributed by atoms with Crippen molar-refractivity contribution in [3.05, 3.63) is 0 Å². The highest BCUT2D eigenvalue weighted by Gasteiger charge is 2.44. The molecule has 1 amide bonds. The van der Waals surface area contributed by atoms with Gasteiger partial charge in [-0.2, -0.15) is 0 Å². The van der Waals surface area contributed by atoms with Gasteiger partial charge >= 0.3 is 0 Å². The van der Waals surface area contributed by atoms with E-state index in [9.17, 15) is 4.79 Å². The van der Waals surface area contributed by atoms with Gasteiger partial charge in [0, 0.05) is 44.6 Å². The van der Waals surface area contributed by atoms with Crippen molar-refractivity contribution in [2.75, 3.05) is 39.3 Å². The average molecular weight is 268 g/mol. The largest absolute Gasteiger partial charge is 0.378 e. The van der Waals surface area contributed by atoms with Gasteiger partial charge in [0.1, 0.15) is 0 Å². The molecule has 2 aliphatic rings. The summed E-state index contributed by atoms with van der Waals surface area (Å²) < 4.78 is 5.80. The predicted molar refractivity (Wildman–Crippen MR) is 76.1 cm³/mol. The minimum atomic E-state index is 0.295. The van der Waals surface area contributed by atoms with Gasteiger partial charge in [-0.3, -0.25) is 9.69 Å². The second-order valence-corrected chi connectivity index (χ2v) is 6.37. The Kier molecular flexibility index (Phi) is 4.85. The molecule has 0 spiro atoms. The Morgan fingerprint density at radius 3 is 2.32 bits per heavy atom. The molecule has 0 aromatic heterocycles. The van der Waals surface area contributed by atoms with Crippen LogP contribution in [0.1, 0.15) is 40.0 Å². The molecule has 4 heteroatoms. The number of rotatable bonds is 6. The van der Waals surface area contributed by atoms with Crippen molar-refractivity contribution >= 4 is 5.91 Å². The highest BCUT2D eigenvalue weighted by atomic mass is 16.5. The summed E-state index contributed by atoms with van der Waals surface area (Å²) in [6, 6.07) is 0. The predicted octanol–water partition coefficient (Wildman–Crippen LogP) is 1.75. The van der Waals surface area contributed by atoms with Crippen LogP contribution >= 0.6 is 0 Å². The Labute approximate surface area is 117 Å². The summed E-state index contributed by atoms with van der Waals surface area (Å²) in [7, 11) is 0. The number of ether oxygens (including phenoxy) is 1. The lowest BCUT2D eigenvalue weighted by Gasteiger charge is -2.36. The molecule has 0 radical (unpaired) electrons. The van der Waals surface area contributed by atoms with Crippen molar-refractivity contribution < 1.29 is 9.53 Å². The van der Waals surface area contributed by atoms with Crippen LogP contribution in [-0.2, 0) is 9.53 Å². The number of hydrogen-bond donors (Lipinski definition) is 0. The fourth-order valence-electron chi connectivity index (χ4n) is 2.72. The molecule has 19 heavy (non-hydrogen) atoms. The van der Waals surface area contributed by atoms with E-state index >= 15 is 0 Å². The molecule has 0 unspecified atom stereocenters. The molecule has 1 saturated heterocycles. The lowest BCUT2D eigenvalue weighted by atomic mass is 10.1. The molecule has 4 nitrogen and oxygen atoms in total. The molecule has 2 fully saturated rings. The van der Waals surface area contributed by atoms with Gasteiger partial charge in [0.2, 0.25) is 5.91 Å². The van der Waals surface area contributed by atoms with Crippen LogP contribution in [0.15, 0.2) is 0 Å². The Morgan fingerprint density at radius 2 is 1.84 bits per heavy atom. The van der Waals surface area contributed by atoms with Gasteiger partial charge < -0.3 is 9.64 Å². The molecule has 1 aliphatic heterocycles. The second kappa shape index (κ2) is 6.23. The van der Waals surface area contributed by atoms with Crippen LogP contribution in [0.4, 0.5) is 0 Å². The summed E-state index contributed by atoms with van der Waals surface area (Å²) in [4.78, 5) is 16.1. The Bertz CT molecular complexity index is 305. The molecule has 0 atom stereocenters. The van der Waals surface area contributed by atoms with E-state index in [1.807, 2.05) is 11.8 Å². The fraction of sp³-hybridized carbons (Fsp3) is 0.933. The molecule has 1 saturated carbocycles. The van der Waals surface area contributed by atoms with E-state index in [4.69, 9.17) is 4.74 Å². The maximum absolute atomic E-state index is 11.6. The second-order valence-electron chi connectivity index (χ2n) is 6.37. The minimum absolute atomic E-state index is 0.295. The van der Waals surface area contributed by atoms with Crippen molar-refractivity contribution in [2.24, 2.45) is 5.41 Å². The number of amides is 1. The quantitative estimate of drug-likeness (QED) is 0.736. The van der Waals surface area contributed by atoms with Gasteiger partial charge in [-0.05, 0) is 26.7 Å². The average Bonchev–Trinajstić information content (AvgIpc) is 3.17. The highest BCUT2D eigenvalue weighted by molar-refractivity contribution is 5.75. The van der Waals surface area contributed by atoms with Gasteiger partial charge in [-0.1, -0.05) is 6.92 Å². The van der Waals surface area contributed by atoms with Gasteiger partial charge in [0.25, 0.3) is 0 Å². The molecule has 1 heterocycles. The van der Waals surface area contributed by atoms with Crippen LogP contribution in [0.2, 0.25) is 0 Å². The van der Waals surface area contributed by atoms with E-state index in [1.54, 1.807) is 0 Å². The van der Waals surface area contributed by atoms with E-state index < -0.39 is 0 Å². The van der Waals surface area contributed by atoms with Gasteiger partial charge in [-0.25, -0.2) is 0 Å². The van der Waals surface area contributed by atoms with Gasteiger partial charge in [0.15, 0.2) is 0 Å². The van der Waals surface area contributed by atoms with E-state index in [0.29, 0.717) is 23.8 Å². The summed E-state index contributed by atoms with van der Waals surface area (Å²) in [6.45, 7) is 12.0. The first-order valence-corrected chi connectivity index (χ1v) is 7.66. The van der Waals surface area contributed by atoms with Gasteiger partial charge in [0.05, 0.1) is 12.7 Å². The number of nitrogens with zero attached hydrogens (tertiary/aromatic N) is 2. The summed E-state index contributed by atoms with van der Waals surface area (Å²) in [5.41, 5.74) is 0.418. The minimum Gasteiger partial charge on any atom is -0.378 e. The van der Waals surface area contributed by atoms with E-state index in [-0.39, 0.29) is 0 Å². The summed E-state index contributed by atoms with van der Waals surface area (Å²) >= 11 is 0. The lowest BCUT2D eigenvalue weighted by molar-refractivity contribution is -0.132. The molecule has 2 rings (SSSR count). The van der Waals surface area contributed by atoms with Gasteiger partial charge in [-0.15, -0.1) is 0 Å². The van der Waals surface area contributed by atoms with Crippen molar-refractivity contribution in [1.29, 1.82) is 0 Å². The van der Waals surface area contributed by atoms with E-state index in [1.165, 1.54) is 12.8 Å². The Hall–Kier alpha value is -0.610.